The van der Waals surface area contributed by atoms with Crippen LogP contribution in [0.4, 0.5) is 0 Å². The van der Waals surface area contributed by atoms with E-state index in [0.717, 1.165) is 10.9 Å². The van der Waals surface area contributed by atoms with Crippen LogP contribution in [0.15, 0.2) is 15.9 Å². The van der Waals surface area contributed by atoms with Crippen LogP contribution in [0.3, 0.4) is 0 Å². The number of nitrogens with zero attached hydrogens (tertiary/aromatic N) is 2. The first-order valence-electron chi connectivity index (χ1n) is 3.65. The average molecular weight is 200 g/mol. The number of H-pyrrole nitrogens is 1. The zero-order valence-corrected chi connectivity index (χ0v) is 7.01. The molecule has 1 atom stereocenters. The highest BCUT2D eigenvalue weighted by Crippen LogP contribution is 1.82. The summed E-state index contributed by atoms with van der Waals surface area (Å²) in [7, 11) is 0. The van der Waals surface area contributed by atoms with Gasteiger partial charge in [0.15, 0.2) is 0 Å². The van der Waals surface area contributed by atoms with Crippen molar-refractivity contribution in [2.45, 2.75) is 12.6 Å². The van der Waals surface area contributed by atoms with Crippen molar-refractivity contribution in [3.63, 3.8) is 0 Å². The number of nitrogens with two attached hydrogens (primary N) is 1. The number of aromatic amines is 1. The molecule has 0 radical (unpaired) electrons. The van der Waals surface area contributed by atoms with Gasteiger partial charge in [-0.1, -0.05) is 0 Å². The quantitative estimate of drug-likeness (QED) is 0.488. The van der Waals surface area contributed by atoms with Crippen molar-refractivity contribution in [2.75, 3.05) is 0 Å². The van der Waals surface area contributed by atoms with Gasteiger partial charge in [-0.2, -0.15) is 4.98 Å². The fourth-order valence-corrected chi connectivity index (χ4v) is 0.790. The van der Waals surface area contributed by atoms with Gasteiger partial charge in [0.05, 0.1) is 6.54 Å². The molecule has 0 bridgehead atoms. The lowest BCUT2D eigenvalue weighted by Gasteiger charge is -2.06. The van der Waals surface area contributed by atoms with Crippen molar-refractivity contribution in [1.29, 1.82) is 0 Å². The predicted molar refractivity (Wildman–Crippen MR) is 44.7 cm³/mol. The zero-order chi connectivity index (χ0) is 10.7. The molecule has 0 amide bonds. The third-order valence-electron chi connectivity index (χ3n) is 1.50. The number of carbonyl (C=O) groups is 1. The molecular weight excluding hydrogens is 192 g/mol. The Hall–Kier alpha value is -1.96. The maximum atomic E-state index is 11.0. The van der Waals surface area contributed by atoms with Gasteiger partial charge in [0.2, 0.25) is 0 Å². The van der Waals surface area contributed by atoms with Crippen LogP contribution in [0.25, 0.3) is 0 Å². The van der Waals surface area contributed by atoms with E-state index in [-0.39, 0.29) is 6.54 Å². The second-order valence-electron chi connectivity index (χ2n) is 2.58. The average Bonchev–Trinajstić information content (AvgIpc) is 2.09. The predicted octanol–water partition coefficient (Wildman–Crippen LogP) is -2.66. The van der Waals surface area contributed by atoms with E-state index in [9.17, 15) is 14.4 Å². The summed E-state index contributed by atoms with van der Waals surface area (Å²) in [6, 6.07) is -1.21. The lowest BCUT2D eigenvalue weighted by atomic mass is 10.3. The molecule has 76 valence electrons. The summed E-state index contributed by atoms with van der Waals surface area (Å²) in [5.41, 5.74) is 3.66. The van der Waals surface area contributed by atoms with E-state index in [2.05, 4.69) is 4.98 Å². The van der Waals surface area contributed by atoms with E-state index < -0.39 is 23.4 Å². The molecule has 1 aromatic heterocycles. The van der Waals surface area contributed by atoms with Crippen LogP contribution in [-0.4, -0.2) is 31.7 Å². The van der Waals surface area contributed by atoms with Crippen molar-refractivity contribution >= 4 is 5.97 Å². The number of aliphatic carboxylic acids is 1. The summed E-state index contributed by atoms with van der Waals surface area (Å²) in [6.07, 6.45) is 0.948. The van der Waals surface area contributed by atoms with Crippen LogP contribution in [-0.2, 0) is 11.3 Å². The Morgan fingerprint density at radius 3 is 2.86 bits per heavy atom. The number of rotatable bonds is 3. The Morgan fingerprint density at radius 1 is 1.71 bits per heavy atom. The van der Waals surface area contributed by atoms with Crippen molar-refractivity contribution in [3.05, 3.63) is 27.3 Å². The molecule has 0 aromatic carbocycles. The SMILES string of the molecule is N[C@@H](Cn1cnc(=O)[nH]c1=O)C(=O)O. The maximum absolute atomic E-state index is 11.0. The van der Waals surface area contributed by atoms with Crippen LogP contribution in [0.1, 0.15) is 0 Å². The van der Waals surface area contributed by atoms with Gasteiger partial charge in [0.1, 0.15) is 12.4 Å². The van der Waals surface area contributed by atoms with Crippen LogP contribution in [0.2, 0.25) is 0 Å². The van der Waals surface area contributed by atoms with Gasteiger partial charge in [-0.05, 0) is 0 Å². The fourth-order valence-electron chi connectivity index (χ4n) is 0.790. The monoisotopic (exact) mass is 200 g/mol. The topological polar surface area (TPSA) is 131 Å². The standard InChI is InChI=1S/C6H8N4O4/c7-3(4(11)12)1-10-2-8-5(13)9-6(10)14/h2-3H,1,7H2,(H,11,12)(H,9,13,14)/t3-/m0/s1. The van der Waals surface area contributed by atoms with Crippen molar-refractivity contribution in [2.24, 2.45) is 5.73 Å². The molecular formula is C6H8N4O4. The molecule has 0 spiro atoms. The van der Waals surface area contributed by atoms with Crippen LogP contribution in [0.5, 0.6) is 0 Å². The van der Waals surface area contributed by atoms with Crippen LogP contribution < -0.4 is 17.1 Å². The molecule has 14 heavy (non-hydrogen) atoms. The second kappa shape index (κ2) is 3.83. The van der Waals surface area contributed by atoms with Crippen LogP contribution in [0, 0.1) is 0 Å². The van der Waals surface area contributed by atoms with Crippen LogP contribution >= 0.6 is 0 Å². The van der Waals surface area contributed by atoms with E-state index in [1.807, 2.05) is 4.98 Å². The molecule has 0 saturated heterocycles. The van der Waals surface area contributed by atoms with Gasteiger partial charge >= 0.3 is 17.3 Å². The summed E-state index contributed by atoms with van der Waals surface area (Å²) in [5, 5.41) is 8.46. The second-order valence-corrected chi connectivity index (χ2v) is 2.58. The Balaban J connectivity index is 2.93. The smallest absolute Gasteiger partial charge is 0.350 e. The van der Waals surface area contributed by atoms with E-state index in [0.29, 0.717) is 0 Å². The summed E-state index contributed by atoms with van der Waals surface area (Å²) >= 11 is 0. The summed E-state index contributed by atoms with van der Waals surface area (Å²) < 4.78 is 0.917. The molecule has 0 saturated carbocycles. The number of aromatic nitrogens is 3. The van der Waals surface area contributed by atoms with E-state index in [1.165, 1.54) is 0 Å². The number of nitrogens with one attached hydrogen (secondary N) is 1. The lowest BCUT2D eigenvalue weighted by molar-refractivity contribution is -0.138. The summed E-state index contributed by atoms with van der Waals surface area (Å²) in [5.74, 6) is -1.23. The van der Waals surface area contributed by atoms with E-state index >= 15 is 0 Å². The number of hydrogen-bond acceptors (Lipinski definition) is 5. The molecule has 8 nitrogen and oxygen atoms in total. The number of hydrogen-bond donors (Lipinski definition) is 3. The van der Waals surface area contributed by atoms with Crippen molar-refractivity contribution in [3.8, 4) is 0 Å². The third kappa shape index (κ3) is 2.26. The molecule has 0 unspecified atom stereocenters. The number of carboxylic acid groups (broad SMARTS) is 1. The lowest BCUT2D eigenvalue weighted by Crippen LogP contribution is -2.40. The van der Waals surface area contributed by atoms with Gasteiger partial charge < -0.3 is 10.8 Å². The molecule has 8 heteroatoms. The van der Waals surface area contributed by atoms with Crippen molar-refractivity contribution in [1.82, 2.24) is 14.5 Å². The molecule has 0 aliphatic rings. The Labute approximate surface area is 77.0 Å². The third-order valence-corrected chi connectivity index (χ3v) is 1.50. The molecule has 0 fully saturated rings. The van der Waals surface area contributed by atoms with Crippen molar-refractivity contribution < 1.29 is 9.90 Å². The summed E-state index contributed by atoms with van der Waals surface area (Å²) in [6.45, 7) is -0.238. The number of carboxylic acids is 1. The highest BCUT2D eigenvalue weighted by atomic mass is 16.4. The highest BCUT2D eigenvalue weighted by Gasteiger charge is 2.12. The maximum Gasteiger partial charge on any atom is 0.350 e. The minimum Gasteiger partial charge on any atom is -0.480 e. The highest BCUT2D eigenvalue weighted by molar-refractivity contribution is 5.72. The van der Waals surface area contributed by atoms with E-state index in [1.54, 1.807) is 0 Å². The minimum absolute atomic E-state index is 0.238. The molecule has 0 aliphatic heterocycles. The van der Waals surface area contributed by atoms with E-state index in [4.69, 9.17) is 10.8 Å². The Bertz CT molecular complexity index is 448. The Morgan fingerprint density at radius 2 is 2.36 bits per heavy atom. The first-order valence-corrected chi connectivity index (χ1v) is 3.65. The minimum atomic E-state index is -1.23. The van der Waals surface area contributed by atoms with Gasteiger partial charge in [-0.25, -0.2) is 9.59 Å². The molecule has 1 rings (SSSR count). The molecule has 0 aliphatic carbocycles. The molecule has 1 aromatic rings. The first-order chi connectivity index (χ1) is 6.50. The van der Waals surface area contributed by atoms with Gasteiger partial charge in [-0.15, -0.1) is 0 Å². The largest absolute Gasteiger partial charge is 0.480 e. The Kier molecular flexibility index (Phi) is 2.77. The molecule has 4 N–H and O–H groups in total. The van der Waals surface area contributed by atoms with Gasteiger partial charge in [0.25, 0.3) is 0 Å². The fraction of sp³-hybridized carbons (Fsp3) is 0.333. The molecule has 1 heterocycles. The zero-order valence-electron chi connectivity index (χ0n) is 7.01. The summed E-state index contributed by atoms with van der Waals surface area (Å²) in [4.78, 5) is 37.0. The van der Waals surface area contributed by atoms with Gasteiger partial charge in [-0.3, -0.25) is 14.3 Å². The first kappa shape index (κ1) is 10.1. The van der Waals surface area contributed by atoms with Gasteiger partial charge in [0, 0.05) is 0 Å². The normalized spacial score (nSPS) is 12.4.